The normalized spacial score (nSPS) is 19.8. The van der Waals surface area contributed by atoms with Crippen LogP contribution in [-0.2, 0) is 4.79 Å². The molecule has 0 spiro atoms. The van der Waals surface area contributed by atoms with Gasteiger partial charge in [-0.2, -0.15) is 4.98 Å². The molecular weight excluding hydrogens is 252 g/mol. The van der Waals surface area contributed by atoms with Gasteiger partial charge in [-0.05, 0) is 30.4 Å². The standard InChI is InChI=1S/C12H15ClN4O/c1-16-9-6-14-12(13)15-11(9)17(5-4-10(16)18)7-8-2-3-8/h6,8H,2-5,7H2,1H3. The lowest BCUT2D eigenvalue weighted by Crippen LogP contribution is -2.28. The number of carbonyl (C=O) groups is 1. The molecule has 1 aliphatic carbocycles. The molecule has 2 heterocycles. The molecule has 1 fully saturated rings. The summed E-state index contributed by atoms with van der Waals surface area (Å²) in [6.45, 7) is 1.67. The largest absolute Gasteiger partial charge is 0.354 e. The van der Waals surface area contributed by atoms with Gasteiger partial charge in [-0.25, -0.2) is 4.98 Å². The van der Waals surface area contributed by atoms with Crippen molar-refractivity contribution in [2.24, 2.45) is 5.92 Å². The van der Waals surface area contributed by atoms with Gasteiger partial charge in [0.15, 0.2) is 5.82 Å². The molecule has 96 valence electrons. The monoisotopic (exact) mass is 266 g/mol. The molecule has 0 saturated heterocycles. The molecule has 1 aromatic heterocycles. The second kappa shape index (κ2) is 4.39. The molecule has 6 heteroatoms. The predicted octanol–water partition coefficient (Wildman–Crippen LogP) is 1.71. The van der Waals surface area contributed by atoms with E-state index in [-0.39, 0.29) is 11.2 Å². The van der Waals surface area contributed by atoms with Crippen molar-refractivity contribution >= 4 is 29.0 Å². The molecule has 1 aliphatic heterocycles. The Kier molecular flexibility index (Phi) is 2.86. The van der Waals surface area contributed by atoms with Crippen molar-refractivity contribution in [3.05, 3.63) is 11.5 Å². The minimum atomic E-state index is 0.0977. The first-order valence-corrected chi connectivity index (χ1v) is 6.57. The summed E-state index contributed by atoms with van der Waals surface area (Å²) in [4.78, 5) is 24.0. The van der Waals surface area contributed by atoms with Crippen LogP contribution in [-0.4, -0.2) is 36.0 Å². The highest BCUT2D eigenvalue weighted by Crippen LogP contribution is 2.35. The van der Waals surface area contributed by atoms with E-state index in [1.807, 2.05) is 0 Å². The number of aromatic nitrogens is 2. The lowest BCUT2D eigenvalue weighted by molar-refractivity contribution is -0.118. The van der Waals surface area contributed by atoms with E-state index in [1.165, 1.54) is 12.8 Å². The Balaban J connectivity index is 2.00. The fraction of sp³-hybridized carbons (Fsp3) is 0.583. The van der Waals surface area contributed by atoms with Crippen molar-refractivity contribution in [1.82, 2.24) is 9.97 Å². The second-order valence-electron chi connectivity index (χ2n) is 4.94. The van der Waals surface area contributed by atoms with Gasteiger partial charge in [-0.1, -0.05) is 0 Å². The lowest BCUT2D eigenvalue weighted by atomic mass is 10.3. The van der Waals surface area contributed by atoms with Crippen LogP contribution < -0.4 is 9.80 Å². The minimum absolute atomic E-state index is 0.0977. The molecule has 1 amide bonds. The summed E-state index contributed by atoms with van der Waals surface area (Å²) < 4.78 is 0. The van der Waals surface area contributed by atoms with Crippen LogP contribution in [0.4, 0.5) is 11.5 Å². The number of hydrogen-bond acceptors (Lipinski definition) is 4. The Labute approximate surface area is 111 Å². The first-order chi connectivity index (χ1) is 8.65. The second-order valence-corrected chi connectivity index (χ2v) is 5.28. The van der Waals surface area contributed by atoms with Crippen LogP contribution in [0.1, 0.15) is 19.3 Å². The van der Waals surface area contributed by atoms with Crippen LogP contribution in [0.25, 0.3) is 0 Å². The number of halogens is 1. The maximum absolute atomic E-state index is 11.9. The summed E-state index contributed by atoms with van der Waals surface area (Å²) in [5.74, 6) is 1.63. The van der Waals surface area contributed by atoms with Gasteiger partial charge >= 0.3 is 0 Å². The molecule has 0 atom stereocenters. The molecular formula is C12H15ClN4O. The van der Waals surface area contributed by atoms with Crippen LogP contribution in [0.15, 0.2) is 6.20 Å². The number of amides is 1. The van der Waals surface area contributed by atoms with E-state index in [1.54, 1.807) is 18.1 Å². The van der Waals surface area contributed by atoms with Gasteiger partial charge in [0.25, 0.3) is 0 Å². The summed E-state index contributed by atoms with van der Waals surface area (Å²) in [7, 11) is 1.76. The van der Waals surface area contributed by atoms with Gasteiger partial charge in [-0.3, -0.25) is 4.79 Å². The van der Waals surface area contributed by atoms with Gasteiger partial charge < -0.3 is 9.80 Å². The van der Waals surface area contributed by atoms with E-state index in [4.69, 9.17) is 11.6 Å². The zero-order valence-electron chi connectivity index (χ0n) is 10.3. The molecule has 0 unspecified atom stereocenters. The maximum Gasteiger partial charge on any atom is 0.228 e. The first kappa shape index (κ1) is 11.7. The van der Waals surface area contributed by atoms with Crippen LogP contribution in [0.2, 0.25) is 5.28 Å². The van der Waals surface area contributed by atoms with Gasteiger partial charge in [0, 0.05) is 26.6 Å². The third-order valence-corrected chi connectivity index (χ3v) is 3.71. The predicted molar refractivity (Wildman–Crippen MR) is 70.0 cm³/mol. The molecule has 3 rings (SSSR count). The smallest absolute Gasteiger partial charge is 0.228 e. The number of hydrogen-bond donors (Lipinski definition) is 0. The molecule has 0 N–H and O–H groups in total. The highest BCUT2D eigenvalue weighted by molar-refractivity contribution is 6.28. The number of fused-ring (bicyclic) bond motifs is 1. The fourth-order valence-electron chi connectivity index (χ4n) is 2.24. The average Bonchev–Trinajstić information content (AvgIpc) is 3.16. The van der Waals surface area contributed by atoms with Crippen molar-refractivity contribution in [3.8, 4) is 0 Å². The Morgan fingerprint density at radius 1 is 1.50 bits per heavy atom. The van der Waals surface area contributed by atoms with Crippen molar-refractivity contribution in [2.45, 2.75) is 19.3 Å². The summed E-state index contributed by atoms with van der Waals surface area (Å²) in [5, 5.41) is 0.234. The maximum atomic E-state index is 11.9. The van der Waals surface area contributed by atoms with Crippen molar-refractivity contribution in [3.63, 3.8) is 0 Å². The van der Waals surface area contributed by atoms with E-state index >= 15 is 0 Å². The molecule has 0 aromatic carbocycles. The van der Waals surface area contributed by atoms with Crippen LogP contribution in [0, 0.1) is 5.92 Å². The minimum Gasteiger partial charge on any atom is -0.354 e. The van der Waals surface area contributed by atoms with Gasteiger partial charge in [0.2, 0.25) is 11.2 Å². The number of rotatable bonds is 2. The zero-order chi connectivity index (χ0) is 12.7. The summed E-state index contributed by atoms with van der Waals surface area (Å²) in [6.07, 6.45) is 4.69. The number of nitrogens with zero attached hydrogens (tertiary/aromatic N) is 4. The van der Waals surface area contributed by atoms with E-state index < -0.39 is 0 Å². The van der Waals surface area contributed by atoms with Crippen molar-refractivity contribution < 1.29 is 4.79 Å². The molecule has 1 aromatic rings. The Morgan fingerprint density at radius 2 is 2.28 bits per heavy atom. The fourth-order valence-corrected chi connectivity index (χ4v) is 2.37. The molecule has 0 radical (unpaired) electrons. The molecule has 18 heavy (non-hydrogen) atoms. The average molecular weight is 267 g/mol. The van der Waals surface area contributed by atoms with Gasteiger partial charge in [0.05, 0.1) is 6.20 Å². The van der Waals surface area contributed by atoms with Crippen LogP contribution in [0.5, 0.6) is 0 Å². The third-order valence-electron chi connectivity index (χ3n) is 3.53. The zero-order valence-corrected chi connectivity index (χ0v) is 11.0. The first-order valence-electron chi connectivity index (χ1n) is 6.19. The Hall–Kier alpha value is -1.36. The highest BCUT2D eigenvalue weighted by Gasteiger charge is 2.30. The summed E-state index contributed by atoms with van der Waals surface area (Å²) >= 11 is 5.88. The van der Waals surface area contributed by atoms with E-state index in [2.05, 4.69) is 14.9 Å². The molecule has 1 saturated carbocycles. The Bertz CT molecular complexity index is 489. The molecule has 5 nitrogen and oxygen atoms in total. The van der Waals surface area contributed by atoms with E-state index in [0.29, 0.717) is 13.0 Å². The third kappa shape index (κ3) is 2.14. The quantitative estimate of drug-likeness (QED) is 0.765. The van der Waals surface area contributed by atoms with E-state index in [0.717, 1.165) is 24.0 Å². The van der Waals surface area contributed by atoms with Crippen LogP contribution in [0.3, 0.4) is 0 Å². The molecule has 2 aliphatic rings. The SMILES string of the molecule is CN1C(=O)CCN(CC2CC2)c2nc(Cl)ncc21. The summed E-state index contributed by atoms with van der Waals surface area (Å²) in [5.41, 5.74) is 0.752. The number of carbonyl (C=O) groups excluding carboxylic acids is 1. The van der Waals surface area contributed by atoms with Crippen molar-refractivity contribution in [1.29, 1.82) is 0 Å². The van der Waals surface area contributed by atoms with Crippen LogP contribution >= 0.6 is 11.6 Å². The van der Waals surface area contributed by atoms with Gasteiger partial charge in [0.1, 0.15) is 5.69 Å². The lowest BCUT2D eigenvalue weighted by Gasteiger charge is -2.23. The van der Waals surface area contributed by atoms with Gasteiger partial charge in [-0.15, -0.1) is 0 Å². The Morgan fingerprint density at radius 3 is 3.00 bits per heavy atom. The summed E-state index contributed by atoms with van der Waals surface area (Å²) in [6, 6.07) is 0. The van der Waals surface area contributed by atoms with Crippen molar-refractivity contribution in [2.75, 3.05) is 29.9 Å². The highest BCUT2D eigenvalue weighted by atomic mass is 35.5. The topological polar surface area (TPSA) is 49.3 Å². The molecule has 0 bridgehead atoms. The van der Waals surface area contributed by atoms with E-state index in [9.17, 15) is 4.79 Å². The number of anilines is 2.